The number of hydrogen-bond donors (Lipinski definition) is 1. The van der Waals surface area contributed by atoms with Crippen LogP contribution in [0.25, 0.3) is 0 Å². The van der Waals surface area contributed by atoms with Crippen molar-refractivity contribution in [2.45, 2.75) is 31.8 Å². The number of hydrogen-bond acceptors (Lipinski definition) is 1. The van der Waals surface area contributed by atoms with Gasteiger partial charge in [-0.2, -0.15) is 0 Å². The lowest BCUT2D eigenvalue weighted by atomic mass is 9.98. The number of aryl methyl sites for hydroxylation is 2. The number of benzene rings is 2. The zero-order valence-corrected chi connectivity index (χ0v) is 10.8. The zero-order valence-electron chi connectivity index (χ0n) is 10.8. The van der Waals surface area contributed by atoms with Gasteiger partial charge in [-0.3, -0.25) is 0 Å². The van der Waals surface area contributed by atoms with Gasteiger partial charge in [0.15, 0.2) is 0 Å². The summed E-state index contributed by atoms with van der Waals surface area (Å²) in [4.78, 5) is 0. The smallest absolute Gasteiger partial charge is 0.123 e. The summed E-state index contributed by atoms with van der Waals surface area (Å²) in [6.45, 7) is 0. The van der Waals surface area contributed by atoms with Crippen LogP contribution in [-0.4, -0.2) is 5.11 Å². The summed E-state index contributed by atoms with van der Waals surface area (Å²) in [5, 5.41) is 10.2. The number of halogens is 1. The van der Waals surface area contributed by atoms with Gasteiger partial charge in [0, 0.05) is 6.42 Å². The molecule has 3 rings (SSSR count). The van der Waals surface area contributed by atoms with Gasteiger partial charge in [0.25, 0.3) is 0 Å². The van der Waals surface area contributed by atoms with Crippen molar-refractivity contribution in [2.24, 2.45) is 0 Å². The van der Waals surface area contributed by atoms with E-state index in [9.17, 15) is 9.50 Å². The first-order chi connectivity index (χ1) is 9.22. The number of rotatable bonds is 3. The Balaban J connectivity index is 1.75. The summed E-state index contributed by atoms with van der Waals surface area (Å²) < 4.78 is 12.8. The first-order valence-electron chi connectivity index (χ1n) is 6.76. The molecule has 0 saturated carbocycles. The van der Waals surface area contributed by atoms with E-state index < -0.39 is 6.10 Å². The molecule has 0 bridgehead atoms. The average Bonchev–Trinajstić information content (AvgIpc) is 2.87. The van der Waals surface area contributed by atoms with Gasteiger partial charge in [0.2, 0.25) is 0 Å². The molecule has 19 heavy (non-hydrogen) atoms. The highest BCUT2D eigenvalue weighted by Gasteiger charge is 2.13. The molecule has 0 amide bonds. The zero-order chi connectivity index (χ0) is 13.2. The standard InChI is InChI=1S/C17H17FO/c18-16-8-6-14(7-9-16)17(19)11-12-4-5-13-2-1-3-15(13)10-12/h4-10,17,19H,1-3,11H2. The van der Waals surface area contributed by atoms with E-state index in [4.69, 9.17) is 0 Å². The third kappa shape index (κ3) is 2.69. The van der Waals surface area contributed by atoms with Gasteiger partial charge in [-0.15, -0.1) is 0 Å². The SMILES string of the molecule is OC(Cc1ccc2c(c1)CCC2)c1ccc(F)cc1. The molecule has 1 N–H and O–H groups in total. The van der Waals surface area contributed by atoms with Gasteiger partial charge in [0.05, 0.1) is 6.10 Å². The summed E-state index contributed by atoms with van der Waals surface area (Å²) in [5.74, 6) is -0.270. The number of aliphatic hydroxyl groups excluding tert-OH is 1. The normalized spacial score (nSPS) is 15.3. The van der Waals surface area contributed by atoms with Crippen LogP contribution >= 0.6 is 0 Å². The Morgan fingerprint density at radius 1 is 1.00 bits per heavy atom. The lowest BCUT2D eigenvalue weighted by Crippen LogP contribution is -2.02. The molecule has 0 aliphatic heterocycles. The Bertz CT molecular complexity index is 574. The number of fused-ring (bicyclic) bond motifs is 1. The van der Waals surface area contributed by atoms with Crippen molar-refractivity contribution in [1.82, 2.24) is 0 Å². The van der Waals surface area contributed by atoms with Crippen LogP contribution in [0.5, 0.6) is 0 Å². The second kappa shape index (κ2) is 5.14. The van der Waals surface area contributed by atoms with Gasteiger partial charge in [0.1, 0.15) is 5.82 Å². The first-order valence-corrected chi connectivity index (χ1v) is 6.76. The third-order valence-electron chi connectivity index (χ3n) is 3.85. The molecule has 1 nitrogen and oxygen atoms in total. The molecular formula is C17H17FO. The van der Waals surface area contributed by atoms with Crippen molar-refractivity contribution < 1.29 is 9.50 Å². The van der Waals surface area contributed by atoms with Gasteiger partial charge in [-0.25, -0.2) is 4.39 Å². The van der Waals surface area contributed by atoms with E-state index in [0.29, 0.717) is 6.42 Å². The topological polar surface area (TPSA) is 20.2 Å². The molecule has 1 aliphatic carbocycles. The molecule has 1 atom stereocenters. The van der Waals surface area contributed by atoms with Gasteiger partial charge >= 0.3 is 0 Å². The van der Waals surface area contributed by atoms with Crippen molar-refractivity contribution in [3.63, 3.8) is 0 Å². The Kier molecular flexibility index (Phi) is 3.34. The fourth-order valence-corrected chi connectivity index (χ4v) is 2.78. The van der Waals surface area contributed by atoms with E-state index in [1.165, 1.54) is 36.1 Å². The highest BCUT2D eigenvalue weighted by molar-refractivity contribution is 5.36. The molecule has 1 unspecified atom stereocenters. The average molecular weight is 256 g/mol. The molecule has 98 valence electrons. The van der Waals surface area contributed by atoms with E-state index in [1.54, 1.807) is 12.1 Å². The minimum atomic E-state index is -0.569. The fraction of sp³-hybridized carbons (Fsp3) is 0.294. The fourth-order valence-electron chi connectivity index (χ4n) is 2.78. The predicted molar refractivity (Wildman–Crippen MR) is 73.5 cm³/mol. The van der Waals surface area contributed by atoms with Crippen LogP contribution in [0.15, 0.2) is 42.5 Å². The van der Waals surface area contributed by atoms with Crippen LogP contribution in [0.3, 0.4) is 0 Å². The van der Waals surface area contributed by atoms with Crippen LogP contribution in [0.1, 0.15) is 34.8 Å². The molecule has 1 aliphatic rings. The van der Waals surface area contributed by atoms with Crippen LogP contribution in [-0.2, 0) is 19.3 Å². The van der Waals surface area contributed by atoms with Crippen molar-refractivity contribution in [3.8, 4) is 0 Å². The van der Waals surface area contributed by atoms with E-state index in [2.05, 4.69) is 18.2 Å². The van der Waals surface area contributed by atoms with Crippen molar-refractivity contribution >= 4 is 0 Å². The Morgan fingerprint density at radius 2 is 1.74 bits per heavy atom. The maximum atomic E-state index is 12.8. The first kappa shape index (κ1) is 12.4. The van der Waals surface area contributed by atoms with E-state index in [0.717, 1.165) is 17.5 Å². The summed E-state index contributed by atoms with van der Waals surface area (Å²) in [5.41, 5.74) is 4.78. The van der Waals surface area contributed by atoms with E-state index in [-0.39, 0.29) is 5.82 Å². The molecule has 2 heteroatoms. The predicted octanol–water partition coefficient (Wildman–Crippen LogP) is 3.59. The van der Waals surface area contributed by atoms with Crippen LogP contribution in [0.4, 0.5) is 4.39 Å². The van der Waals surface area contributed by atoms with Crippen molar-refractivity contribution in [1.29, 1.82) is 0 Å². The van der Waals surface area contributed by atoms with Crippen LogP contribution < -0.4 is 0 Å². The molecule has 2 aromatic carbocycles. The lowest BCUT2D eigenvalue weighted by Gasteiger charge is -2.12. The highest BCUT2D eigenvalue weighted by atomic mass is 19.1. The second-order valence-corrected chi connectivity index (χ2v) is 5.23. The maximum Gasteiger partial charge on any atom is 0.123 e. The molecule has 0 saturated heterocycles. The maximum absolute atomic E-state index is 12.8. The van der Waals surface area contributed by atoms with Crippen LogP contribution in [0.2, 0.25) is 0 Å². The van der Waals surface area contributed by atoms with Gasteiger partial charge < -0.3 is 5.11 Å². The number of aliphatic hydroxyl groups is 1. The van der Waals surface area contributed by atoms with E-state index in [1.807, 2.05) is 0 Å². The second-order valence-electron chi connectivity index (χ2n) is 5.23. The summed E-state index contributed by atoms with van der Waals surface area (Å²) in [7, 11) is 0. The largest absolute Gasteiger partial charge is 0.388 e. The third-order valence-corrected chi connectivity index (χ3v) is 3.85. The van der Waals surface area contributed by atoms with Crippen LogP contribution in [0, 0.1) is 5.82 Å². The van der Waals surface area contributed by atoms with Gasteiger partial charge in [-0.05, 0) is 53.6 Å². The Labute approximate surface area is 112 Å². The minimum absolute atomic E-state index is 0.270. The molecule has 0 spiro atoms. The molecule has 0 heterocycles. The summed E-state index contributed by atoms with van der Waals surface area (Å²) in [6.07, 6.45) is 3.57. The quantitative estimate of drug-likeness (QED) is 0.889. The monoisotopic (exact) mass is 256 g/mol. The van der Waals surface area contributed by atoms with Gasteiger partial charge in [-0.1, -0.05) is 30.3 Å². The molecule has 0 fully saturated rings. The Morgan fingerprint density at radius 3 is 2.53 bits per heavy atom. The highest BCUT2D eigenvalue weighted by Crippen LogP contribution is 2.25. The minimum Gasteiger partial charge on any atom is -0.388 e. The molecular weight excluding hydrogens is 239 g/mol. The Hall–Kier alpha value is -1.67. The molecule has 0 aromatic heterocycles. The summed E-state index contributed by atoms with van der Waals surface area (Å²) >= 11 is 0. The van der Waals surface area contributed by atoms with Crippen molar-refractivity contribution in [3.05, 3.63) is 70.5 Å². The van der Waals surface area contributed by atoms with E-state index >= 15 is 0 Å². The summed E-state index contributed by atoms with van der Waals surface area (Å²) in [6, 6.07) is 12.5. The molecule has 2 aromatic rings. The van der Waals surface area contributed by atoms with Crippen molar-refractivity contribution in [2.75, 3.05) is 0 Å². The molecule has 0 radical (unpaired) electrons. The lowest BCUT2D eigenvalue weighted by molar-refractivity contribution is 0.178.